The SMILES string of the molecule is CCn1c(CCNC(=O)N2CCC3(CN(C)C(=O)CO3)C2)nc2ccccc21. The number of hydrogen-bond acceptors (Lipinski definition) is 4. The third-order valence-corrected chi connectivity index (χ3v) is 5.73. The molecule has 1 aromatic heterocycles. The Hall–Kier alpha value is -2.61. The van der Waals surface area contributed by atoms with Crippen LogP contribution in [-0.4, -0.2) is 76.7 Å². The Morgan fingerprint density at radius 2 is 2.14 bits per heavy atom. The number of carbonyl (C=O) groups is 2. The van der Waals surface area contributed by atoms with Crippen LogP contribution >= 0.6 is 0 Å². The van der Waals surface area contributed by atoms with Crippen molar-refractivity contribution in [3.63, 3.8) is 0 Å². The van der Waals surface area contributed by atoms with Crippen molar-refractivity contribution in [2.45, 2.75) is 31.9 Å². The van der Waals surface area contributed by atoms with Gasteiger partial charge >= 0.3 is 6.03 Å². The number of amides is 3. The highest BCUT2D eigenvalue weighted by molar-refractivity contribution is 5.78. The second-order valence-electron chi connectivity index (χ2n) is 7.64. The standard InChI is InChI=1S/C20H27N5O3/c1-3-25-16-7-5-4-6-15(16)22-17(25)8-10-21-19(27)24-11-9-20(14-24)13-23(2)18(26)12-28-20/h4-7H,3,8-14H2,1-2H3,(H,21,27). The highest BCUT2D eigenvalue weighted by atomic mass is 16.5. The minimum absolute atomic E-state index is 0.00709. The number of carbonyl (C=O) groups excluding carboxylic acids is 2. The fourth-order valence-electron chi connectivity index (χ4n) is 4.22. The molecule has 2 aliphatic rings. The van der Waals surface area contributed by atoms with Gasteiger partial charge in [-0.3, -0.25) is 4.79 Å². The first-order valence-corrected chi connectivity index (χ1v) is 9.86. The molecule has 2 aromatic rings. The predicted octanol–water partition coefficient (Wildman–Crippen LogP) is 1.24. The van der Waals surface area contributed by atoms with Crippen LogP contribution < -0.4 is 5.32 Å². The number of aromatic nitrogens is 2. The van der Waals surface area contributed by atoms with E-state index in [1.807, 2.05) is 18.2 Å². The molecule has 0 bridgehead atoms. The molecule has 8 nitrogen and oxygen atoms in total. The Balaban J connectivity index is 1.33. The zero-order chi connectivity index (χ0) is 19.7. The van der Waals surface area contributed by atoms with Crippen LogP contribution in [0.25, 0.3) is 11.0 Å². The molecule has 0 saturated carbocycles. The Morgan fingerprint density at radius 1 is 1.32 bits per heavy atom. The van der Waals surface area contributed by atoms with E-state index < -0.39 is 5.60 Å². The van der Waals surface area contributed by atoms with Gasteiger partial charge in [0, 0.05) is 33.1 Å². The first-order chi connectivity index (χ1) is 13.5. The highest BCUT2D eigenvalue weighted by Crippen LogP contribution is 2.29. The van der Waals surface area contributed by atoms with E-state index in [4.69, 9.17) is 9.72 Å². The molecule has 1 aromatic carbocycles. The van der Waals surface area contributed by atoms with E-state index in [1.165, 1.54) is 0 Å². The van der Waals surface area contributed by atoms with E-state index in [0.29, 0.717) is 32.6 Å². The van der Waals surface area contributed by atoms with Crippen LogP contribution in [0.1, 0.15) is 19.2 Å². The van der Waals surface area contributed by atoms with Crippen molar-refractivity contribution in [2.24, 2.45) is 0 Å². The van der Waals surface area contributed by atoms with Crippen molar-refractivity contribution < 1.29 is 14.3 Å². The van der Waals surface area contributed by atoms with Crippen molar-refractivity contribution in [3.05, 3.63) is 30.1 Å². The molecule has 2 aliphatic heterocycles. The fraction of sp³-hybridized carbons (Fsp3) is 0.550. The van der Waals surface area contributed by atoms with E-state index in [9.17, 15) is 9.59 Å². The molecule has 0 aliphatic carbocycles. The largest absolute Gasteiger partial charge is 0.361 e. The lowest BCUT2D eigenvalue weighted by Gasteiger charge is -2.38. The van der Waals surface area contributed by atoms with E-state index in [0.717, 1.165) is 29.8 Å². The number of nitrogens with one attached hydrogen (secondary N) is 1. The van der Waals surface area contributed by atoms with Crippen LogP contribution in [0, 0.1) is 0 Å². The summed E-state index contributed by atoms with van der Waals surface area (Å²) in [6.07, 6.45) is 1.44. The smallest absolute Gasteiger partial charge is 0.317 e. The number of likely N-dealkylation sites (tertiary alicyclic amines) is 1. The van der Waals surface area contributed by atoms with Crippen LogP contribution in [0.4, 0.5) is 4.79 Å². The number of hydrogen-bond donors (Lipinski definition) is 1. The van der Waals surface area contributed by atoms with Crippen molar-refractivity contribution in [3.8, 4) is 0 Å². The highest BCUT2D eigenvalue weighted by Gasteiger charge is 2.45. The van der Waals surface area contributed by atoms with E-state index in [2.05, 4.69) is 22.9 Å². The second-order valence-corrected chi connectivity index (χ2v) is 7.64. The molecule has 0 radical (unpaired) electrons. The van der Waals surface area contributed by atoms with Gasteiger partial charge in [0.15, 0.2) is 0 Å². The molecule has 1 spiro atoms. The van der Waals surface area contributed by atoms with Gasteiger partial charge in [-0.1, -0.05) is 12.1 Å². The number of para-hydroxylation sites is 2. The van der Waals surface area contributed by atoms with Gasteiger partial charge in [0.05, 0.1) is 24.1 Å². The maximum Gasteiger partial charge on any atom is 0.317 e. The van der Waals surface area contributed by atoms with Gasteiger partial charge in [-0.25, -0.2) is 9.78 Å². The van der Waals surface area contributed by atoms with Crippen molar-refractivity contribution >= 4 is 23.0 Å². The van der Waals surface area contributed by atoms with E-state index in [-0.39, 0.29) is 18.5 Å². The number of likely N-dealkylation sites (N-methyl/N-ethyl adjacent to an activating group) is 1. The molecule has 4 rings (SSSR count). The van der Waals surface area contributed by atoms with Gasteiger partial charge < -0.3 is 24.4 Å². The zero-order valence-corrected chi connectivity index (χ0v) is 16.5. The summed E-state index contributed by atoms with van der Waals surface area (Å²) in [5, 5.41) is 3.01. The van der Waals surface area contributed by atoms with Gasteiger partial charge in [0.2, 0.25) is 5.91 Å². The molecule has 1 unspecified atom stereocenters. The molecule has 8 heteroatoms. The summed E-state index contributed by atoms with van der Waals surface area (Å²) in [5.41, 5.74) is 1.69. The molecule has 3 amide bonds. The topological polar surface area (TPSA) is 79.7 Å². The molecule has 150 valence electrons. The number of ether oxygens (including phenoxy) is 1. The van der Waals surface area contributed by atoms with Crippen molar-refractivity contribution in [2.75, 3.05) is 39.8 Å². The fourth-order valence-corrected chi connectivity index (χ4v) is 4.22. The first kappa shape index (κ1) is 18.7. The number of benzene rings is 1. The number of fused-ring (bicyclic) bond motifs is 1. The molecule has 1 N–H and O–H groups in total. The quantitative estimate of drug-likeness (QED) is 0.859. The summed E-state index contributed by atoms with van der Waals surface area (Å²) in [4.78, 5) is 32.4. The zero-order valence-electron chi connectivity index (χ0n) is 16.5. The summed E-state index contributed by atoms with van der Waals surface area (Å²) in [5.74, 6) is 0.977. The van der Waals surface area contributed by atoms with Crippen LogP contribution in [0.5, 0.6) is 0 Å². The third kappa shape index (κ3) is 3.44. The number of imidazole rings is 1. The molecule has 3 heterocycles. The van der Waals surface area contributed by atoms with E-state index in [1.54, 1.807) is 16.8 Å². The monoisotopic (exact) mass is 385 g/mol. The maximum atomic E-state index is 12.6. The lowest BCUT2D eigenvalue weighted by molar-refractivity contribution is -0.158. The Bertz CT molecular complexity index is 895. The summed E-state index contributed by atoms with van der Waals surface area (Å²) in [7, 11) is 1.79. The Morgan fingerprint density at radius 3 is 2.93 bits per heavy atom. The van der Waals surface area contributed by atoms with Gasteiger partial charge in [-0.2, -0.15) is 0 Å². The predicted molar refractivity (Wildman–Crippen MR) is 105 cm³/mol. The van der Waals surface area contributed by atoms with Crippen LogP contribution in [0.3, 0.4) is 0 Å². The number of rotatable bonds is 4. The number of aryl methyl sites for hydroxylation is 1. The summed E-state index contributed by atoms with van der Waals surface area (Å²) in [6.45, 7) is 5.28. The molecule has 2 fully saturated rings. The van der Waals surface area contributed by atoms with E-state index >= 15 is 0 Å². The van der Waals surface area contributed by atoms with Crippen molar-refractivity contribution in [1.82, 2.24) is 24.7 Å². The minimum Gasteiger partial charge on any atom is -0.361 e. The normalized spacial score (nSPS) is 22.4. The number of urea groups is 1. The molecule has 28 heavy (non-hydrogen) atoms. The summed E-state index contributed by atoms with van der Waals surface area (Å²) in [6, 6.07) is 8.01. The van der Waals surface area contributed by atoms with Crippen LogP contribution in [0.2, 0.25) is 0 Å². The first-order valence-electron chi connectivity index (χ1n) is 9.86. The van der Waals surface area contributed by atoms with Gasteiger partial charge in [-0.05, 0) is 25.5 Å². The third-order valence-electron chi connectivity index (χ3n) is 5.73. The maximum absolute atomic E-state index is 12.6. The average molecular weight is 385 g/mol. The average Bonchev–Trinajstić information content (AvgIpc) is 3.26. The van der Waals surface area contributed by atoms with Crippen LogP contribution in [-0.2, 0) is 22.5 Å². The summed E-state index contributed by atoms with van der Waals surface area (Å²) >= 11 is 0. The number of nitrogens with zero attached hydrogens (tertiary/aromatic N) is 4. The lowest BCUT2D eigenvalue weighted by Crippen LogP contribution is -2.55. The van der Waals surface area contributed by atoms with Gasteiger partial charge in [-0.15, -0.1) is 0 Å². The lowest BCUT2D eigenvalue weighted by atomic mass is 10.0. The number of morpholine rings is 1. The second kappa shape index (κ2) is 7.43. The Labute approximate surface area is 164 Å². The molecular weight excluding hydrogens is 358 g/mol. The molecule has 1 atom stereocenters. The summed E-state index contributed by atoms with van der Waals surface area (Å²) < 4.78 is 7.99. The molecule has 2 saturated heterocycles. The Kier molecular flexibility index (Phi) is 4.97. The van der Waals surface area contributed by atoms with Gasteiger partial charge in [0.1, 0.15) is 18.0 Å². The van der Waals surface area contributed by atoms with Crippen molar-refractivity contribution in [1.29, 1.82) is 0 Å². The minimum atomic E-state index is -0.420. The van der Waals surface area contributed by atoms with Gasteiger partial charge in [0.25, 0.3) is 0 Å². The molecular formula is C20H27N5O3. The van der Waals surface area contributed by atoms with Crippen LogP contribution in [0.15, 0.2) is 24.3 Å².